The Hall–Kier alpha value is -2.14. The predicted molar refractivity (Wildman–Crippen MR) is 80.6 cm³/mol. The lowest BCUT2D eigenvalue weighted by atomic mass is 10.1. The predicted octanol–water partition coefficient (Wildman–Crippen LogP) is 1.49. The fourth-order valence-electron chi connectivity index (χ4n) is 2.09. The van der Waals surface area contributed by atoms with Gasteiger partial charge < -0.3 is 10.4 Å². The first-order valence-electron chi connectivity index (χ1n) is 7.01. The molecule has 1 aliphatic carbocycles. The number of carbonyl (C=O) groups is 2. The van der Waals surface area contributed by atoms with Crippen LogP contribution in [0.3, 0.4) is 0 Å². The molecule has 2 rings (SSSR count). The molecule has 112 valence electrons. The van der Waals surface area contributed by atoms with E-state index in [1.54, 1.807) is 6.08 Å². The maximum atomic E-state index is 11.7. The van der Waals surface area contributed by atoms with Gasteiger partial charge in [0.25, 0.3) is 0 Å². The van der Waals surface area contributed by atoms with Gasteiger partial charge in [0, 0.05) is 18.7 Å². The lowest BCUT2D eigenvalue weighted by Crippen LogP contribution is -2.36. The quantitative estimate of drug-likeness (QED) is 0.746. The summed E-state index contributed by atoms with van der Waals surface area (Å²) >= 11 is 0. The molecule has 0 spiro atoms. The van der Waals surface area contributed by atoms with E-state index < -0.39 is 5.97 Å². The van der Waals surface area contributed by atoms with Gasteiger partial charge in [-0.15, -0.1) is 0 Å². The summed E-state index contributed by atoms with van der Waals surface area (Å²) in [6.45, 7) is 0.936. The van der Waals surface area contributed by atoms with E-state index in [1.165, 1.54) is 0 Å². The van der Waals surface area contributed by atoms with E-state index in [4.69, 9.17) is 5.11 Å². The SMILES string of the molecule is CN(CC(=O)NC1CC1)Cc1ccccc1C=CC(=O)O. The molecule has 0 saturated heterocycles. The highest BCUT2D eigenvalue weighted by molar-refractivity contribution is 5.85. The van der Waals surface area contributed by atoms with Crippen molar-refractivity contribution >= 4 is 18.0 Å². The normalized spacial score (nSPS) is 14.6. The monoisotopic (exact) mass is 288 g/mol. The van der Waals surface area contributed by atoms with Gasteiger partial charge in [-0.05, 0) is 37.1 Å². The summed E-state index contributed by atoms with van der Waals surface area (Å²) in [6, 6.07) is 7.96. The van der Waals surface area contributed by atoms with Gasteiger partial charge in [-0.1, -0.05) is 24.3 Å². The lowest BCUT2D eigenvalue weighted by molar-refractivity contribution is -0.131. The number of carbonyl (C=O) groups excluding carboxylic acids is 1. The molecule has 0 aliphatic heterocycles. The Kier molecular flexibility index (Phi) is 5.11. The molecule has 0 heterocycles. The minimum atomic E-state index is -0.970. The molecule has 1 saturated carbocycles. The summed E-state index contributed by atoms with van der Waals surface area (Å²) in [7, 11) is 1.88. The highest BCUT2D eigenvalue weighted by Gasteiger charge is 2.23. The topological polar surface area (TPSA) is 69.6 Å². The van der Waals surface area contributed by atoms with Gasteiger partial charge in [0.05, 0.1) is 6.54 Å². The van der Waals surface area contributed by atoms with E-state index in [0.29, 0.717) is 19.1 Å². The minimum absolute atomic E-state index is 0.0403. The van der Waals surface area contributed by atoms with Gasteiger partial charge in [0.15, 0.2) is 0 Å². The molecule has 1 fully saturated rings. The number of likely N-dealkylation sites (N-methyl/N-ethyl adjacent to an activating group) is 1. The molecule has 0 aromatic heterocycles. The molecule has 0 radical (unpaired) electrons. The molecule has 1 aromatic carbocycles. The minimum Gasteiger partial charge on any atom is -0.478 e. The zero-order chi connectivity index (χ0) is 15.2. The standard InChI is InChI=1S/C16H20N2O3/c1-18(11-15(19)17-14-7-8-14)10-13-5-3-2-4-12(13)6-9-16(20)21/h2-6,9,14H,7-8,10-11H2,1H3,(H,17,19)(H,20,21). The Labute approximate surface area is 124 Å². The lowest BCUT2D eigenvalue weighted by Gasteiger charge is -2.17. The van der Waals surface area contributed by atoms with Crippen LogP contribution in [-0.2, 0) is 16.1 Å². The summed E-state index contributed by atoms with van der Waals surface area (Å²) in [5.41, 5.74) is 1.85. The van der Waals surface area contributed by atoms with E-state index in [-0.39, 0.29) is 5.91 Å². The molecule has 1 aliphatic rings. The number of amides is 1. The number of hydrogen-bond donors (Lipinski definition) is 2. The number of hydrogen-bond acceptors (Lipinski definition) is 3. The number of nitrogens with zero attached hydrogens (tertiary/aromatic N) is 1. The molecule has 21 heavy (non-hydrogen) atoms. The average Bonchev–Trinajstić information content (AvgIpc) is 3.21. The van der Waals surface area contributed by atoms with Crippen molar-refractivity contribution in [1.29, 1.82) is 0 Å². The second-order valence-electron chi connectivity index (χ2n) is 5.38. The fraction of sp³-hybridized carbons (Fsp3) is 0.375. The van der Waals surface area contributed by atoms with Crippen LogP contribution in [0.25, 0.3) is 6.08 Å². The number of carboxylic acid groups (broad SMARTS) is 1. The molecular weight excluding hydrogens is 268 g/mol. The molecule has 0 unspecified atom stereocenters. The average molecular weight is 288 g/mol. The maximum absolute atomic E-state index is 11.7. The number of carboxylic acids is 1. The van der Waals surface area contributed by atoms with Crippen LogP contribution in [-0.4, -0.2) is 41.5 Å². The third-order valence-electron chi connectivity index (χ3n) is 3.26. The highest BCUT2D eigenvalue weighted by atomic mass is 16.4. The van der Waals surface area contributed by atoms with E-state index in [2.05, 4.69) is 5.32 Å². The molecule has 5 nitrogen and oxygen atoms in total. The Balaban J connectivity index is 1.94. The summed E-state index contributed by atoms with van der Waals surface area (Å²) < 4.78 is 0. The van der Waals surface area contributed by atoms with Crippen molar-refractivity contribution in [2.24, 2.45) is 0 Å². The second-order valence-corrected chi connectivity index (χ2v) is 5.38. The van der Waals surface area contributed by atoms with Gasteiger partial charge in [0.1, 0.15) is 0 Å². The van der Waals surface area contributed by atoms with Crippen LogP contribution in [0, 0.1) is 0 Å². The Morgan fingerprint density at radius 1 is 1.38 bits per heavy atom. The first-order chi connectivity index (χ1) is 10.0. The van der Waals surface area contributed by atoms with Crippen LogP contribution >= 0.6 is 0 Å². The smallest absolute Gasteiger partial charge is 0.328 e. The molecule has 1 amide bonds. The van der Waals surface area contributed by atoms with Crippen LogP contribution < -0.4 is 5.32 Å². The van der Waals surface area contributed by atoms with Crippen LogP contribution in [0.4, 0.5) is 0 Å². The number of nitrogens with one attached hydrogen (secondary N) is 1. The van der Waals surface area contributed by atoms with Crippen LogP contribution in [0.5, 0.6) is 0 Å². The van der Waals surface area contributed by atoms with E-state index in [0.717, 1.165) is 30.0 Å². The number of rotatable bonds is 7. The first-order valence-corrected chi connectivity index (χ1v) is 7.01. The first kappa shape index (κ1) is 15.3. The van der Waals surface area contributed by atoms with Crippen molar-refractivity contribution in [3.63, 3.8) is 0 Å². The molecule has 0 atom stereocenters. The zero-order valence-corrected chi connectivity index (χ0v) is 12.1. The molecule has 5 heteroatoms. The van der Waals surface area contributed by atoms with Crippen molar-refractivity contribution in [2.45, 2.75) is 25.4 Å². The summed E-state index contributed by atoms with van der Waals surface area (Å²) in [5, 5.41) is 11.7. The molecule has 0 bridgehead atoms. The van der Waals surface area contributed by atoms with Crippen molar-refractivity contribution in [3.8, 4) is 0 Å². The van der Waals surface area contributed by atoms with Gasteiger partial charge in [0.2, 0.25) is 5.91 Å². The van der Waals surface area contributed by atoms with Gasteiger partial charge >= 0.3 is 5.97 Å². The van der Waals surface area contributed by atoms with Crippen molar-refractivity contribution in [2.75, 3.05) is 13.6 Å². The Morgan fingerprint density at radius 2 is 2.10 bits per heavy atom. The van der Waals surface area contributed by atoms with Crippen molar-refractivity contribution < 1.29 is 14.7 Å². The number of benzene rings is 1. The van der Waals surface area contributed by atoms with Crippen LogP contribution in [0.1, 0.15) is 24.0 Å². The van der Waals surface area contributed by atoms with E-state index >= 15 is 0 Å². The van der Waals surface area contributed by atoms with Crippen LogP contribution in [0.2, 0.25) is 0 Å². The van der Waals surface area contributed by atoms with Crippen LogP contribution in [0.15, 0.2) is 30.3 Å². The summed E-state index contributed by atoms with van der Waals surface area (Å²) in [4.78, 5) is 24.3. The summed E-state index contributed by atoms with van der Waals surface area (Å²) in [6.07, 6.45) is 4.87. The third kappa shape index (κ3) is 5.39. The Bertz CT molecular complexity index is 550. The van der Waals surface area contributed by atoms with Crippen molar-refractivity contribution in [3.05, 3.63) is 41.5 Å². The fourth-order valence-corrected chi connectivity index (χ4v) is 2.09. The largest absolute Gasteiger partial charge is 0.478 e. The third-order valence-corrected chi connectivity index (χ3v) is 3.26. The van der Waals surface area contributed by atoms with Gasteiger partial charge in [-0.25, -0.2) is 4.79 Å². The molecular formula is C16H20N2O3. The molecule has 1 aromatic rings. The maximum Gasteiger partial charge on any atom is 0.328 e. The summed E-state index contributed by atoms with van der Waals surface area (Å²) in [5.74, 6) is -0.930. The van der Waals surface area contributed by atoms with Crippen molar-refractivity contribution in [1.82, 2.24) is 10.2 Å². The second kappa shape index (κ2) is 7.04. The highest BCUT2D eigenvalue weighted by Crippen LogP contribution is 2.18. The van der Waals surface area contributed by atoms with E-state index in [1.807, 2.05) is 36.2 Å². The zero-order valence-electron chi connectivity index (χ0n) is 12.1. The van der Waals surface area contributed by atoms with Gasteiger partial charge in [-0.2, -0.15) is 0 Å². The molecule has 2 N–H and O–H groups in total. The van der Waals surface area contributed by atoms with E-state index in [9.17, 15) is 9.59 Å². The van der Waals surface area contributed by atoms with Gasteiger partial charge in [-0.3, -0.25) is 9.69 Å². The Morgan fingerprint density at radius 3 is 2.76 bits per heavy atom. The number of aliphatic carboxylic acids is 1.